The number of aromatic nitrogens is 4. The van der Waals surface area contributed by atoms with E-state index in [2.05, 4.69) is 20.1 Å². The monoisotopic (exact) mass is 499 g/mol. The van der Waals surface area contributed by atoms with Crippen molar-refractivity contribution in [3.8, 4) is 11.6 Å². The number of likely N-dealkylation sites (tertiary alicyclic amines) is 1. The molecule has 178 valence electrons. The van der Waals surface area contributed by atoms with Crippen molar-refractivity contribution in [2.45, 2.75) is 36.5 Å². The molecule has 6 nitrogen and oxygen atoms in total. The number of piperidine rings is 1. The fraction of sp³-hybridized carbons (Fsp3) is 0.500. The molecule has 2 fully saturated rings. The maximum absolute atomic E-state index is 12.8. The molecule has 11 heteroatoms. The van der Waals surface area contributed by atoms with Crippen LogP contribution in [0.4, 0.5) is 13.2 Å². The third-order valence-corrected chi connectivity index (χ3v) is 7.74. The summed E-state index contributed by atoms with van der Waals surface area (Å²) in [4.78, 5) is 6.54. The summed E-state index contributed by atoms with van der Waals surface area (Å²) in [6.07, 6.45) is -0.795. The fourth-order valence-electron chi connectivity index (χ4n) is 4.80. The van der Waals surface area contributed by atoms with Crippen molar-refractivity contribution in [3.05, 3.63) is 47.5 Å². The molecule has 1 aliphatic carbocycles. The van der Waals surface area contributed by atoms with Gasteiger partial charge in [-0.05, 0) is 49.9 Å². The molecule has 3 aromatic rings. The number of fused-ring (bicyclic) bond motifs is 1. The molecule has 0 amide bonds. The van der Waals surface area contributed by atoms with Gasteiger partial charge in [0.25, 0.3) is 0 Å². The summed E-state index contributed by atoms with van der Waals surface area (Å²) >= 11 is 1.66. The van der Waals surface area contributed by atoms with Crippen LogP contribution in [0.3, 0.4) is 0 Å². The molecule has 0 spiro atoms. The van der Waals surface area contributed by atoms with E-state index in [1.807, 2.05) is 18.5 Å². The van der Waals surface area contributed by atoms with Crippen molar-refractivity contribution >= 4 is 24.2 Å². The third kappa shape index (κ3) is 4.52. The van der Waals surface area contributed by atoms with Crippen LogP contribution >= 0.6 is 24.2 Å². The molecule has 1 saturated heterocycles. The van der Waals surface area contributed by atoms with Gasteiger partial charge in [-0.25, -0.2) is 4.98 Å². The molecule has 1 saturated carbocycles. The lowest BCUT2D eigenvalue weighted by atomic mass is 9.94. The summed E-state index contributed by atoms with van der Waals surface area (Å²) < 4.78 is 45.9. The molecule has 2 aromatic heterocycles. The first-order chi connectivity index (χ1) is 15.3. The molecule has 1 aliphatic heterocycles. The van der Waals surface area contributed by atoms with E-state index in [1.54, 1.807) is 23.9 Å². The van der Waals surface area contributed by atoms with Crippen LogP contribution in [-0.2, 0) is 18.6 Å². The smallest absolute Gasteiger partial charge is 0.416 e. The Morgan fingerprint density at radius 2 is 1.97 bits per heavy atom. The molecule has 3 heterocycles. The van der Waals surface area contributed by atoms with E-state index >= 15 is 0 Å². The standard InChI is InChI=1S/C22H24F3N5OS.ClH/c1-14-18(31-13-26-14)19-27-28-20(29(19)2)32-9-3-8-30-11-17-10-21(17,12-30)15-4-6-16(7-5-15)22(23,24)25;/h4-7,13,17H,3,8-12H2,1-2H3;1H/t17-,21+;/m0./s1. The molecule has 2 atom stereocenters. The second kappa shape index (κ2) is 8.96. The number of nitrogens with zero attached hydrogens (tertiary/aromatic N) is 5. The lowest BCUT2D eigenvalue weighted by molar-refractivity contribution is -0.137. The second-order valence-electron chi connectivity index (χ2n) is 8.70. The second-order valence-corrected chi connectivity index (χ2v) is 9.76. The lowest BCUT2D eigenvalue weighted by Crippen LogP contribution is -2.28. The number of aryl methyl sites for hydroxylation is 1. The van der Waals surface area contributed by atoms with Crippen LogP contribution in [0.15, 0.2) is 40.2 Å². The van der Waals surface area contributed by atoms with E-state index in [4.69, 9.17) is 4.42 Å². The summed E-state index contributed by atoms with van der Waals surface area (Å²) in [6, 6.07) is 5.77. The summed E-state index contributed by atoms with van der Waals surface area (Å²) in [5.41, 5.74) is 1.30. The van der Waals surface area contributed by atoms with Gasteiger partial charge in [-0.15, -0.1) is 22.6 Å². The SMILES string of the molecule is Cc1ncoc1-c1nnc(SCCCN2C[C@@H]3C[C@]3(c3ccc(C(F)(F)F)cc3)C2)n1C.Cl. The van der Waals surface area contributed by atoms with Gasteiger partial charge in [-0.3, -0.25) is 0 Å². The van der Waals surface area contributed by atoms with Gasteiger partial charge in [0.05, 0.1) is 11.3 Å². The number of halogens is 4. The van der Waals surface area contributed by atoms with E-state index in [-0.39, 0.29) is 17.8 Å². The molecule has 2 aliphatic rings. The lowest BCUT2D eigenvalue weighted by Gasteiger charge is -2.21. The van der Waals surface area contributed by atoms with E-state index < -0.39 is 11.7 Å². The zero-order valence-electron chi connectivity index (χ0n) is 18.3. The first kappa shape index (κ1) is 24.1. The van der Waals surface area contributed by atoms with Crippen molar-refractivity contribution in [1.82, 2.24) is 24.6 Å². The normalized spacial score (nSPS) is 22.3. The topological polar surface area (TPSA) is 60.0 Å². The predicted molar refractivity (Wildman–Crippen MR) is 121 cm³/mol. The summed E-state index contributed by atoms with van der Waals surface area (Å²) in [5.74, 6) is 2.77. The van der Waals surface area contributed by atoms with Gasteiger partial charge in [0, 0.05) is 31.3 Å². The minimum absolute atomic E-state index is 0. The van der Waals surface area contributed by atoms with Gasteiger partial charge in [0.15, 0.2) is 17.3 Å². The van der Waals surface area contributed by atoms with E-state index in [0.717, 1.165) is 54.6 Å². The van der Waals surface area contributed by atoms with Crippen LogP contribution in [0, 0.1) is 12.8 Å². The molecule has 33 heavy (non-hydrogen) atoms. The van der Waals surface area contributed by atoms with Gasteiger partial charge >= 0.3 is 6.18 Å². The van der Waals surface area contributed by atoms with Crippen molar-refractivity contribution < 1.29 is 17.6 Å². The zero-order chi connectivity index (χ0) is 22.5. The average Bonchev–Trinajstić information content (AvgIpc) is 3.05. The maximum atomic E-state index is 12.8. The quantitative estimate of drug-likeness (QED) is 0.338. The number of rotatable bonds is 7. The Morgan fingerprint density at radius 3 is 2.64 bits per heavy atom. The van der Waals surface area contributed by atoms with Gasteiger partial charge in [-0.2, -0.15) is 13.2 Å². The van der Waals surface area contributed by atoms with Crippen LogP contribution < -0.4 is 0 Å². The Morgan fingerprint density at radius 1 is 1.21 bits per heavy atom. The van der Waals surface area contributed by atoms with E-state index in [9.17, 15) is 13.2 Å². The first-order valence-corrected chi connectivity index (χ1v) is 11.6. The highest BCUT2D eigenvalue weighted by Crippen LogP contribution is 2.59. The highest BCUT2D eigenvalue weighted by Gasteiger charge is 2.60. The number of hydrogen-bond donors (Lipinski definition) is 0. The van der Waals surface area contributed by atoms with Crippen LogP contribution in [-0.4, -0.2) is 50.0 Å². The minimum Gasteiger partial charge on any atom is -0.440 e. The van der Waals surface area contributed by atoms with Crippen molar-refractivity contribution in [3.63, 3.8) is 0 Å². The molecular weight excluding hydrogens is 475 g/mol. The van der Waals surface area contributed by atoms with Crippen molar-refractivity contribution in [2.75, 3.05) is 25.4 Å². The number of benzene rings is 1. The molecule has 0 radical (unpaired) electrons. The van der Waals surface area contributed by atoms with Crippen LogP contribution in [0.25, 0.3) is 11.6 Å². The Bertz CT molecular complexity index is 1120. The molecular formula is C22H25ClF3N5OS. The third-order valence-electron chi connectivity index (χ3n) is 6.64. The van der Waals surface area contributed by atoms with Gasteiger partial charge < -0.3 is 13.9 Å². The molecule has 0 N–H and O–H groups in total. The number of hydrogen-bond acceptors (Lipinski definition) is 6. The van der Waals surface area contributed by atoms with Crippen LogP contribution in [0.1, 0.15) is 29.7 Å². The highest BCUT2D eigenvalue weighted by atomic mass is 35.5. The average molecular weight is 500 g/mol. The first-order valence-electron chi connectivity index (χ1n) is 10.6. The molecule has 0 unspecified atom stereocenters. The minimum atomic E-state index is -4.28. The summed E-state index contributed by atoms with van der Waals surface area (Å²) in [5, 5.41) is 9.34. The Labute approximate surface area is 200 Å². The number of alkyl halides is 3. The Kier molecular flexibility index (Phi) is 6.54. The van der Waals surface area contributed by atoms with Crippen molar-refractivity contribution in [2.24, 2.45) is 13.0 Å². The number of thioether (sulfide) groups is 1. The highest BCUT2D eigenvalue weighted by molar-refractivity contribution is 7.99. The van der Waals surface area contributed by atoms with E-state index in [0.29, 0.717) is 17.5 Å². The van der Waals surface area contributed by atoms with Gasteiger partial charge in [-0.1, -0.05) is 23.9 Å². The van der Waals surface area contributed by atoms with Gasteiger partial charge in [0.2, 0.25) is 5.82 Å². The van der Waals surface area contributed by atoms with Crippen molar-refractivity contribution in [1.29, 1.82) is 0 Å². The fourth-order valence-corrected chi connectivity index (χ4v) is 5.64. The van der Waals surface area contributed by atoms with E-state index in [1.165, 1.54) is 18.5 Å². The largest absolute Gasteiger partial charge is 0.440 e. The number of oxazole rings is 1. The Balaban J connectivity index is 0.00000259. The predicted octanol–water partition coefficient (Wildman–Crippen LogP) is 4.97. The maximum Gasteiger partial charge on any atom is 0.416 e. The molecule has 5 rings (SSSR count). The van der Waals surface area contributed by atoms with Gasteiger partial charge in [0.1, 0.15) is 0 Å². The molecule has 0 bridgehead atoms. The Hall–Kier alpha value is -2.04. The van der Waals surface area contributed by atoms with Crippen LogP contribution in [0.2, 0.25) is 0 Å². The zero-order valence-corrected chi connectivity index (χ0v) is 19.9. The summed E-state index contributed by atoms with van der Waals surface area (Å²) in [6.45, 7) is 4.79. The van der Waals surface area contributed by atoms with Crippen LogP contribution in [0.5, 0.6) is 0 Å². The molecule has 1 aromatic carbocycles. The summed E-state index contributed by atoms with van der Waals surface area (Å²) in [7, 11) is 1.92.